The van der Waals surface area contributed by atoms with E-state index in [1.54, 1.807) is 24.4 Å². The number of hydrogen-bond acceptors (Lipinski definition) is 4. The summed E-state index contributed by atoms with van der Waals surface area (Å²) in [4.78, 5) is 15.2. The topological polar surface area (TPSA) is 87.6 Å². The lowest BCUT2D eigenvalue weighted by atomic mass is 10.2. The molecule has 1 heterocycles. The molecule has 7 heteroatoms. The van der Waals surface area contributed by atoms with Crippen LogP contribution in [-0.2, 0) is 10.0 Å². The molecule has 0 fully saturated rings. The summed E-state index contributed by atoms with van der Waals surface area (Å²) in [5.74, 6) is -1.18. The molecule has 0 amide bonds. The van der Waals surface area contributed by atoms with E-state index < -0.39 is 16.0 Å². The van der Waals surface area contributed by atoms with E-state index in [4.69, 9.17) is 5.11 Å². The Bertz CT molecular complexity index is 1030. The minimum atomic E-state index is -3.91. The molecule has 3 aromatic rings. The number of nitrogens with zero attached hydrogens (tertiary/aromatic N) is 2. The second-order valence-electron chi connectivity index (χ2n) is 5.16. The Morgan fingerprint density at radius 1 is 1.08 bits per heavy atom. The number of carboxylic acid groups (broad SMARTS) is 1. The van der Waals surface area contributed by atoms with E-state index in [0.29, 0.717) is 11.2 Å². The van der Waals surface area contributed by atoms with Gasteiger partial charge in [-0.2, -0.15) is 0 Å². The standard InChI is InChI=1S/C17H14N2O4S/c1-19(15-9-3-5-12-7-4-10-18-16(12)15)24(22,23)14-8-2-6-13(11-14)17(20)21/h2-11H,1H3,(H,20,21). The SMILES string of the molecule is CN(c1cccc2cccnc12)S(=O)(=O)c1cccc(C(=O)O)c1. The Balaban J connectivity index is 2.12. The third-order valence-corrected chi connectivity index (χ3v) is 5.46. The number of rotatable bonds is 4. The van der Waals surface area contributed by atoms with Crippen molar-refractivity contribution in [3.8, 4) is 0 Å². The van der Waals surface area contributed by atoms with E-state index in [2.05, 4.69) is 4.98 Å². The van der Waals surface area contributed by atoms with Crippen LogP contribution in [0.3, 0.4) is 0 Å². The second-order valence-corrected chi connectivity index (χ2v) is 7.13. The van der Waals surface area contributed by atoms with Crippen molar-refractivity contribution in [2.45, 2.75) is 4.90 Å². The fourth-order valence-electron chi connectivity index (χ4n) is 2.42. The highest BCUT2D eigenvalue weighted by Gasteiger charge is 2.24. The Morgan fingerprint density at radius 3 is 2.54 bits per heavy atom. The van der Waals surface area contributed by atoms with Crippen LogP contribution in [0.5, 0.6) is 0 Å². The van der Waals surface area contributed by atoms with E-state index in [-0.39, 0.29) is 10.5 Å². The largest absolute Gasteiger partial charge is 0.478 e. The number of carbonyl (C=O) groups is 1. The molecule has 3 rings (SSSR count). The third-order valence-electron chi connectivity index (χ3n) is 3.69. The lowest BCUT2D eigenvalue weighted by molar-refractivity contribution is 0.0696. The first-order valence-corrected chi connectivity index (χ1v) is 8.51. The number of benzene rings is 2. The molecule has 0 radical (unpaired) electrons. The zero-order valence-corrected chi connectivity index (χ0v) is 13.6. The normalized spacial score (nSPS) is 11.4. The van der Waals surface area contributed by atoms with Gasteiger partial charge in [0.05, 0.1) is 21.7 Å². The van der Waals surface area contributed by atoms with Crippen molar-refractivity contribution in [3.05, 3.63) is 66.4 Å². The van der Waals surface area contributed by atoms with Crippen LogP contribution in [0.15, 0.2) is 65.7 Å². The fraction of sp³-hybridized carbons (Fsp3) is 0.0588. The number of carboxylic acids is 1. The van der Waals surface area contributed by atoms with Crippen LogP contribution in [0.1, 0.15) is 10.4 Å². The van der Waals surface area contributed by atoms with Crippen molar-refractivity contribution in [3.63, 3.8) is 0 Å². The van der Waals surface area contributed by atoms with Gasteiger partial charge in [-0.05, 0) is 30.3 Å². The zero-order valence-electron chi connectivity index (χ0n) is 12.7. The quantitative estimate of drug-likeness (QED) is 0.788. The molecule has 1 aromatic heterocycles. The van der Waals surface area contributed by atoms with Gasteiger partial charge in [0.25, 0.3) is 10.0 Å². The maximum Gasteiger partial charge on any atom is 0.335 e. The second kappa shape index (κ2) is 5.93. The highest BCUT2D eigenvalue weighted by molar-refractivity contribution is 7.92. The summed E-state index contributed by atoms with van der Waals surface area (Å²) >= 11 is 0. The molecule has 122 valence electrons. The molecule has 0 saturated heterocycles. The van der Waals surface area contributed by atoms with Crippen LogP contribution in [0.25, 0.3) is 10.9 Å². The van der Waals surface area contributed by atoms with Crippen molar-refractivity contribution >= 4 is 32.6 Å². The minimum absolute atomic E-state index is 0.0829. The number of aromatic carboxylic acids is 1. The number of anilines is 1. The highest BCUT2D eigenvalue weighted by Crippen LogP contribution is 2.28. The Hall–Kier alpha value is -2.93. The predicted octanol–water partition coefficient (Wildman–Crippen LogP) is 2.76. The maximum absolute atomic E-state index is 12.9. The summed E-state index contributed by atoms with van der Waals surface area (Å²) in [7, 11) is -2.49. The molecule has 0 atom stereocenters. The summed E-state index contributed by atoms with van der Waals surface area (Å²) in [5.41, 5.74) is 0.898. The van der Waals surface area contributed by atoms with Gasteiger partial charge in [0.15, 0.2) is 0 Å². The molecule has 2 aromatic carbocycles. The average molecular weight is 342 g/mol. The van der Waals surface area contributed by atoms with E-state index in [0.717, 1.165) is 15.8 Å². The van der Waals surface area contributed by atoms with Crippen molar-refractivity contribution in [2.24, 2.45) is 0 Å². The van der Waals surface area contributed by atoms with Gasteiger partial charge in [-0.25, -0.2) is 13.2 Å². The molecular weight excluding hydrogens is 328 g/mol. The van der Waals surface area contributed by atoms with Gasteiger partial charge in [0, 0.05) is 18.6 Å². The molecular formula is C17H14N2O4S. The van der Waals surface area contributed by atoms with Crippen LogP contribution in [0.2, 0.25) is 0 Å². The first-order chi connectivity index (χ1) is 11.4. The monoisotopic (exact) mass is 342 g/mol. The summed E-state index contributed by atoms with van der Waals surface area (Å²) in [6, 6.07) is 14.1. The highest BCUT2D eigenvalue weighted by atomic mass is 32.2. The molecule has 0 aliphatic carbocycles. The maximum atomic E-state index is 12.9. The van der Waals surface area contributed by atoms with E-state index in [1.165, 1.54) is 25.2 Å². The predicted molar refractivity (Wildman–Crippen MR) is 90.7 cm³/mol. The molecule has 24 heavy (non-hydrogen) atoms. The molecule has 1 N–H and O–H groups in total. The van der Waals surface area contributed by atoms with E-state index >= 15 is 0 Å². The number of aromatic nitrogens is 1. The van der Waals surface area contributed by atoms with Crippen LogP contribution < -0.4 is 4.31 Å². The Labute approximate surface area is 139 Å². The fourth-order valence-corrected chi connectivity index (χ4v) is 3.67. The van der Waals surface area contributed by atoms with Crippen molar-refractivity contribution in [2.75, 3.05) is 11.4 Å². The van der Waals surface area contributed by atoms with Crippen molar-refractivity contribution in [1.82, 2.24) is 4.98 Å². The van der Waals surface area contributed by atoms with Crippen LogP contribution >= 0.6 is 0 Å². The van der Waals surface area contributed by atoms with Crippen molar-refractivity contribution < 1.29 is 18.3 Å². The Morgan fingerprint density at radius 2 is 1.79 bits per heavy atom. The van der Waals surface area contributed by atoms with E-state index in [9.17, 15) is 13.2 Å². The first-order valence-electron chi connectivity index (χ1n) is 7.07. The smallest absolute Gasteiger partial charge is 0.335 e. The molecule has 0 aliphatic heterocycles. The summed E-state index contributed by atoms with van der Waals surface area (Å²) in [6.45, 7) is 0. The Kier molecular flexibility index (Phi) is 3.94. The molecule has 0 bridgehead atoms. The van der Waals surface area contributed by atoms with Gasteiger partial charge in [0.1, 0.15) is 0 Å². The number of fused-ring (bicyclic) bond motifs is 1. The number of sulfonamides is 1. The van der Waals surface area contributed by atoms with Crippen LogP contribution in [0.4, 0.5) is 5.69 Å². The minimum Gasteiger partial charge on any atom is -0.478 e. The van der Waals surface area contributed by atoms with Crippen LogP contribution in [-0.4, -0.2) is 31.5 Å². The summed E-state index contributed by atoms with van der Waals surface area (Å²) < 4.78 is 26.8. The number of hydrogen-bond donors (Lipinski definition) is 1. The van der Waals surface area contributed by atoms with Gasteiger partial charge >= 0.3 is 5.97 Å². The van der Waals surface area contributed by atoms with Crippen LogP contribution in [0, 0.1) is 0 Å². The average Bonchev–Trinajstić information content (AvgIpc) is 2.60. The first kappa shape index (κ1) is 15.9. The molecule has 0 spiro atoms. The number of para-hydroxylation sites is 1. The van der Waals surface area contributed by atoms with Gasteiger partial charge in [-0.15, -0.1) is 0 Å². The van der Waals surface area contributed by atoms with Gasteiger partial charge in [0.2, 0.25) is 0 Å². The van der Waals surface area contributed by atoms with Gasteiger partial charge < -0.3 is 5.11 Å². The third kappa shape index (κ3) is 2.69. The lowest BCUT2D eigenvalue weighted by Crippen LogP contribution is -2.27. The molecule has 0 aliphatic rings. The summed E-state index contributed by atoms with van der Waals surface area (Å²) in [6.07, 6.45) is 1.59. The lowest BCUT2D eigenvalue weighted by Gasteiger charge is -2.20. The van der Waals surface area contributed by atoms with E-state index in [1.807, 2.05) is 12.1 Å². The molecule has 6 nitrogen and oxygen atoms in total. The zero-order chi connectivity index (χ0) is 17.3. The summed E-state index contributed by atoms with van der Waals surface area (Å²) in [5, 5.41) is 9.87. The van der Waals surface area contributed by atoms with Gasteiger partial charge in [-0.3, -0.25) is 9.29 Å². The van der Waals surface area contributed by atoms with Crippen molar-refractivity contribution in [1.29, 1.82) is 0 Å². The number of pyridine rings is 1. The molecule has 0 unspecified atom stereocenters. The van der Waals surface area contributed by atoms with Gasteiger partial charge in [-0.1, -0.05) is 24.3 Å². The molecule has 0 saturated carbocycles.